The molecule has 0 heterocycles. The highest BCUT2D eigenvalue weighted by molar-refractivity contribution is 6.04. The van der Waals surface area contributed by atoms with E-state index in [2.05, 4.69) is 0 Å². The van der Waals surface area contributed by atoms with Gasteiger partial charge in [-0.1, -0.05) is 32.9 Å². The van der Waals surface area contributed by atoms with Crippen LogP contribution in [-0.2, 0) is 23.9 Å². The maximum Gasteiger partial charge on any atom is 0.309 e. The van der Waals surface area contributed by atoms with E-state index in [1.807, 2.05) is 0 Å². The fourth-order valence-corrected chi connectivity index (χ4v) is 6.72. The van der Waals surface area contributed by atoms with Gasteiger partial charge in [-0.25, -0.2) is 0 Å². The first kappa shape index (κ1) is 24.1. The number of ether oxygens (including phenoxy) is 2. The number of fused-ring (bicyclic) bond motifs is 5. The molecular weight excluding hydrogens is 428 g/mol. The number of ketones is 1. The summed E-state index contributed by atoms with van der Waals surface area (Å²) in [4.78, 5) is 37.1. The molecule has 0 spiro atoms. The summed E-state index contributed by atoms with van der Waals surface area (Å²) >= 11 is 0. The predicted octanol–water partition coefficient (Wildman–Crippen LogP) is 1.46. The summed E-state index contributed by atoms with van der Waals surface area (Å²) in [5, 5.41) is 35.2. The van der Waals surface area contributed by atoms with Crippen LogP contribution in [0.25, 0.3) is 0 Å². The lowest BCUT2D eigenvalue weighted by atomic mass is 9.60. The van der Waals surface area contributed by atoms with Crippen LogP contribution in [0.3, 0.4) is 0 Å². The summed E-state index contributed by atoms with van der Waals surface area (Å²) in [5.74, 6) is -4.63. The Bertz CT molecular complexity index is 977. The van der Waals surface area contributed by atoms with Crippen molar-refractivity contribution in [2.75, 3.05) is 6.61 Å². The van der Waals surface area contributed by atoms with Crippen molar-refractivity contribution in [3.8, 4) is 0 Å². The van der Waals surface area contributed by atoms with E-state index in [0.717, 1.165) is 0 Å². The molecule has 0 amide bonds. The van der Waals surface area contributed by atoms with Crippen molar-refractivity contribution in [2.45, 2.75) is 76.8 Å². The number of aliphatic hydroxyl groups is 3. The van der Waals surface area contributed by atoms with Crippen LogP contribution in [0.15, 0.2) is 23.3 Å². The third-order valence-corrected chi connectivity index (χ3v) is 8.48. The Morgan fingerprint density at radius 1 is 1.21 bits per heavy atom. The molecule has 4 rings (SSSR count). The van der Waals surface area contributed by atoms with Crippen LogP contribution < -0.4 is 0 Å². The van der Waals surface area contributed by atoms with Gasteiger partial charge in [0.2, 0.25) is 0 Å². The zero-order chi connectivity index (χ0) is 24.7. The zero-order valence-corrected chi connectivity index (χ0v) is 20.0. The van der Waals surface area contributed by atoms with Gasteiger partial charge in [-0.05, 0) is 37.3 Å². The Morgan fingerprint density at radius 2 is 1.85 bits per heavy atom. The molecule has 0 saturated heterocycles. The lowest BCUT2D eigenvalue weighted by molar-refractivity contribution is -0.189. The van der Waals surface area contributed by atoms with Crippen LogP contribution in [0.5, 0.6) is 0 Å². The van der Waals surface area contributed by atoms with Crippen molar-refractivity contribution in [1.82, 2.24) is 0 Å². The molecule has 0 aliphatic heterocycles. The van der Waals surface area contributed by atoms with Crippen LogP contribution in [0, 0.1) is 29.6 Å². The highest BCUT2D eigenvalue weighted by atomic mass is 16.6. The topological polar surface area (TPSA) is 130 Å². The Morgan fingerprint density at radius 3 is 2.42 bits per heavy atom. The van der Waals surface area contributed by atoms with Crippen LogP contribution in [0.4, 0.5) is 0 Å². The Balaban J connectivity index is 1.84. The van der Waals surface area contributed by atoms with E-state index >= 15 is 0 Å². The monoisotopic (exact) mass is 462 g/mol. The van der Waals surface area contributed by atoms with E-state index in [0.29, 0.717) is 11.1 Å². The number of esters is 2. The average Bonchev–Trinajstić information content (AvgIpc) is 3.11. The van der Waals surface area contributed by atoms with Crippen LogP contribution >= 0.6 is 0 Å². The molecule has 1 unspecified atom stereocenters. The molecule has 4 aliphatic rings. The van der Waals surface area contributed by atoms with Crippen LogP contribution in [-0.4, -0.2) is 62.1 Å². The standard InChI is InChI=1S/C25H34O8/c1-12(2)21(28)33-24-9-14(4)25(31)17(19(24)22(24,6)29)8-16(11-32-15(5)26)10-23(30)18(25)7-13(3)20(23)27/h7-8,12,14,17-19,29-31H,9-11H2,1-6H3/t14-,17+,18-,19+,22?,23-,24+,25-/m1/s1. The first-order valence-corrected chi connectivity index (χ1v) is 11.6. The molecule has 2 saturated carbocycles. The zero-order valence-electron chi connectivity index (χ0n) is 20.0. The molecule has 0 aromatic carbocycles. The number of carbonyl (C=O) groups is 3. The van der Waals surface area contributed by atoms with Gasteiger partial charge in [-0.2, -0.15) is 0 Å². The number of hydrogen-bond donors (Lipinski definition) is 3. The average molecular weight is 463 g/mol. The predicted molar refractivity (Wildman–Crippen MR) is 117 cm³/mol. The number of rotatable bonds is 4. The van der Waals surface area contributed by atoms with Gasteiger partial charge >= 0.3 is 11.9 Å². The maximum atomic E-state index is 13.0. The summed E-state index contributed by atoms with van der Waals surface area (Å²) < 4.78 is 11.1. The Hall–Kier alpha value is -2.03. The molecule has 0 bridgehead atoms. The summed E-state index contributed by atoms with van der Waals surface area (Å²) in [6, 6.07) is 0. The number of hydrogen-bond acceptors (Lipinski definition) is 8. The second-order valence-corrected chi connectivity index (χ2v) is 11.0. The molecule has 8 atom stereocenters. The number of Topliss-reactive ketones (excluding diaryl/α,β-unsaturated/α-hetero) is 1. The highest BCUT2D eigenvalue weighted by Crippen LogP contribution is 2.72. The normalized spacial score (nSPS) is 45.8. The minimum Gasteiger partial charge on any atom is -0.461 e. The third kappa shape index (κ3) is 3.10. The molecule has 4 aliphatic carbocycles. The van der Waals surface area contributed by atoms with E-state index < -0.39 is 63.8 Å². The van der Waals surface area contributed by atoms with E-state index in [9.17, 15) is 29.7 Å². The quantitative estimate of drug-likeness (QED) is 0.423. The lowest BCUT2D eigenvalue weighted by Crippen LogP contribution is -2.61. The van der Waals surface area contributed by atoms with Crippen molar-refractivity contribution in [3.05, 3.63) is 23.3 Å². The number of carbonyl (C=O) groups excluding carboxylic acids is 3. The van der Waals surface area contributed by atoms with Gasteiger partial charge in [-0.15, -0.1) is 0 Å². The van der Waals surface area contributed by atoms with E-state index in [-0.39, 0.29) is 25.4 Å². The molecule has 0 radical (unpaired) electrons. The van der Waals surface area contributed by atoms with Gasteiger partial charge < -0.3 is 24.8 Å². The largest absolute Gasteiger partial charge is 0.461 e. The fraction of sp³-hybridized carbons (Fsp3) is 0.720. The molecule has 33 heavy (non-hydrogen) atoms. The molecule has 0 aromatic heterocycles. The van der Waals surface area contributed by atoms with E-state index in [4.69, 9.17) is 9.47 Å². The first-order chi connectivity index (χ1) is 15.1. The first-order valence-electron chi connectivity index (χ1n) is 11.6. The summed E-state index contributed by atoms with van der Waals surface area (Å²) in [6.45, 7) is 9.55. The second kappa shape index (κ2) is 7.23. The molecular formula is C25H34O8. The van der Waals surface area contributed by atoms with Crippen LogP contribution in [0.2, 0.25) is 0 Å². The Kier molecular flexibility index (Phi) is 5.28. The molecule has 182 valence electrons. The summed E-state index contributed by atoms with van der Waals surface area (Å²) in [5.41, 5.74) is -5.22. The summed E-state index contributed by atoms with van der Waals surface area (Å²) in [7, 11) is 0. The van der Waals surface area contributed by atoms with Crippen molar-refractivity contribution in [1.29, 1.82) is 0 Å². The van der Waals surface area contributed by atoms with E-state index in [1.165, 1.54) is 6.92 Å². The Labute approximate surface area is 193 Å². The van der Waals surface area contributed by atoms with Crippen molar-refractivity contribution in [2.24, 2.45) is 29.6 Å². The van der Waals surface area contributed by atoms with E-state index in [1.54, 1.807) is 46.8 Å². The minimum absolute atomic E-state index is 0.100. The third-order valence-electron chi connectivity index (χ3n) is 8.48. The molecule has 8 heteroatoms. The smallest absolute Gasteiger partial charge is 0.309 e. The van der Waals surface area contributed by atoms with Gasteiger partial charge in [0.25, 0.3) is 0 Å². The van der Waals surface area contributed by atoms with Gasteiger partial charge in [0.05, 0.1) is 11.5 Å². The minimum atomic E-state index is -1.89. The SMILES string of the molecule is CC(=O)OCC1=C[C@H]2[C@H]3C(C)(O)[C@]3(OC(=O)C(C)C)C[C@@H](C)[C@]2(O)[C@@H]2C=C(C)C(=O)[C@@]2(O)C1. The maximum absolute atomic E-state index is 13.0. The van der Waals surface area contributed by atoms with Gasteiger partial charge in [0, 0.05) is 31.1 Å². The van der Waals surface area contributed by atoms with Gasteiger partial charge in [-0.3, -0.25) is 14.4 Å². The lowest BCUT2D eigenvalue weighted by Gasteiger charge is -2.50. The van der Waals surface area contributed by atoms with Gasteiger partial charge in [0.15, 0.2) is 5.78 Å². The fourth-order valence-electron chi connectivity index (χ4n) is 6.72. The molecule has 8 nitrogen and oxygen atoms in total. The van der Waals surface area contributed by atoms with Crippen LogP contribution in [0.1, 0.15) is 54.4 Å². The van der Waals surface area contributed by atoms with Crippen molar-refractivity contribution >= 4 is 17.7 Å². The second-order valence-electron chi connectivity index (χ2n) is 11.0. The van der Waals surface area contributed by atoms with Gasteiger partial charge in [0.1, 0.15) is 23.4 Å². The van der Waals surface area contributed by atoms with Crippen molar-refractivity contribution in [3.63, 3.8) is 0 Å². The van der Waals surface area contributed by atoms with Crippen molar-refractivity contribution < 1.29 is 39.2 Å². The molecule has 2 fully saturated rings. The highest BCUT2D eigenvalue weighted by Gasteiger charge is 2.85. The molecule has 0 aromatic rings. The molecule has 3 N–H and O–H groups in total. The summed E-state index contributed by atoms with van der Waals surface area (Å²) in [6.07, 6.45) is 3.43.